The van der Waals surface area contributed by atoms with E-state index in [0.29, 0.717) is 5.39 Å². The van der Waals surface area contributed by atoms with E-state index in [1.165, 1.54) is 29.6 Å². The Labute approximate surface area is 159 Å². The number of hydrogen-bond acceptors (Lipinski definition) is 2. The van der Waals surface area contributed by atoms with Gasteiger partial charge in [-0.15, -0.1) is 0 Å². The molecule has 0 saturated heterocycles. The summed E-state index contributed by atoms with van der Waals surface area (Å²) in [5.74, 6) is -16.6. The topological polar surface area (TPSA) is 38.3 Å². The zero-order valence-electron chi connectivity index (χ0n) is 14.0. The van der Waals surface area contributed by atoms with Crippen LogP contribution in [0.1, 0.15) is 0 Å². The highest BCUT2D eigenvalue weighted by atomic mass is 19.4. The van der Waals surface area contributed by atoms with Crippen LogP contribution in [0.25, 0.3) is 10.8 Å². The van der Waals surface area contributed by atoms with E-state index in [1.807, 2.05) is 0 Å². The number of alkyl halides is 11. The van der Waals surface area contributed by atoms with Gasteiger partial charge >= 0.3 is 30.2 Å². The number of benzene rings is 2. The molecule has 1 amide bonds. The summed E-state index contributed by atoms with van der Waals surface area (Å²) in [6.07, 6.45) is -21.0. The molecular weight excluding hydrogens is 447 g/mol. The highest BCUT2D eigenvalue weighted by Gasteiger charge is 2.79. The van der Waals surface area contributed by atoms with Gasteiger partial charge in [-0.3, -0.25) is 9.53 Å². The maximum atomic E-state index is 14.2. The maximum Gasteiger partial charge on any atom is 0.462 e. The molecule has 1 N–H and O–H groups in total. The lowest BCUT2D eigenvalue weighted by Crippen LogP contribution is -2.62. The molecule has 1 atom stereocenters. The molecule has 0 aliphatic heterocycles. The summed E-state index contributed by atoms with van der Waals surface area (Å²) >= 11 is 0. The minimum absolute atomic E-state index is 0.279. The predicted molar refractivity (Wildman–Crippen MR) is 79.5 cm³/mol. The Morgan fingerprint density at radius 3 is 1.77 bits per heavy atom. The molecule has 2 aromatic rings. The summed E-state index contributed by atoms with van der Waals surface area (Å²) in [6.45, 7) is 0. The van der Waals surface area contributed by atoms with Gasteiger partial charge < -0.3 is 5.32 Å². The Morgan fingerprint density at radius 1 is 0.733 bits per heavy atom. The molecule has 0 aromatic heterocycles. The minimum Gasteiger partial charge on any atom is -0.321 e. The van der Waals surface area contributed by atoms with Gasteiger partial charge in [0.15, 0.2) is 0 Å². The van der Waals surface area contributed by atoms with Gasteiger partial charge in [0.1, 0.15) is 0 Å². The highest BCUT2D eigenvalue weighted by Crippen LogP contribution is 2.51. The third-order valence-corrected chi connectivity index (χ3v) is 3.65. The summed E-state index contributed by atoms with van der Waals surface area (Å²) in [5.41, 5.74) is -0.612. The maximum absolute atomic E-state index is 14.2. The van der Waals surface area contributed by atoms with Gasteiger partial charge in [0, 0.05) is 5.69 Å². The summed E-state index contributed by atoms with van der Waals surface area (Å²) in [5, 5.41) is 1.95. The van der Waals surface area contributed by atoms with E-state index in [0.717, 1.165) is 12.1 Å². The Morgan fingerprint density at radius 2 is 1.27 bits per heavy atom. The van der Waals surface area contributed by atoms with E-state index in [9.17, 15) is 53.1 Å². The Kier molecular flexibility index (Phi) is 5.71. The van der Waals surface area contributed by atoms with E-state index < -0.39 is 41.8 Å². The van der Waals surface area contributed by atoms with Crippen molar-refractivity contribution < 1.29 is 57.8 Å². The fourth-order valence-electron chi connectivity index (χ4n) is 2.12. The second-order valence-electron chi connectivity index (χ2n) is 5.80. The Balaban J connectivity index is 2.41. The largest absolute Gasteiger partial charge is 0.462 e. The average molecular weight is 455 g/mol. The normalized spacial score (nSPS) is 15.7. The number of ether oxygens (including phenoxy) is 1. The summed E-state index contributed by atoms with van der Waals surface area (Å²) in [7, 11) is 0. The minimum atomic E-state index is -7.24. The zero-order chi connectivity index (χ0) is 23.2. The molecule has 2 aromatic carbocycles. The van der Waals surface area contributed by atoms with Crippen LogP contribution in [0.15, 0.2) is 42.5 Å². The Bertz CT molecular complexity index is 939. The SMILES string of the molecule is O=C(Nc1ccc2ccccc2c1)[C@](F)(OC(F)(F)C(F)(F)C(F)(F)F)C(F)(F)F. The molecule has 14 heteroatoms. The lowest BCUT2D eigenvalue weighted by molar-refractivity contribution is -0.472. The molecular formula is C16H8F11NO2. The van der Waals surface area contributed by atoms with Crippen molar-refractivity contribution in [1.82, 2.24) is 0 Å². The molecule has 0 radical (unpaired) electrons. The number of nitrogens with one attached hydrogen (secondary N) is 1. The second-order valence-corrected chi connectivity index (χ2v) is 5.80. The van der Waals surface area contributed by atoms with E-state index in [2.05, 4.69) is 4.74 Å². The van der Waals surface area contributed by atoms with Gasteiger partial charge in [-0.2, -0.15) is 48.3 Å². The van der Waals surface area contributed by atoms with Crippen molar-refractivity contribution in [3.8, 4) is 0 Å². The lowest BCUT2D eigenvalue weighted by atomic mass is 10.1. The van der Waals surface area contributed by atoms with E-state index in [4.69, 9.17) is 0 Å². The van der Waals surface area contributed by atoms with Crippen molar-refractivity contribution >= 4 is 22.4 Å². The van der Waals surface area contributed by atoms with Crippen LogP contribution in [-0.4, -0.2) is 36.1 Å². The first-order valence-corrected chi connectivity index (χ1v) is 7.51. The molecule has 30 heavy (non-hydrogen) atoms. The predicted octanol–water partition coefficient (Wildman–Crippen LogP) is 5.81. The van der Waals surface area contributed by atoms with E-state index in [1.54, 1.807) is 6.07 Å². The summed E-state index contributed by atoms with van der Waals surface area (Å²) in [6, 6.07) is 9.03. The molecule has 0 spiro atoms. The van der Waals surface area contributed by atoms with Crippen molar-refractivity contribution in [2.45, 2.75) is 30.2 Å². The molecule has 166 valence electrons. The van der Waals surface area contributed by atoms with Crippen LogP contribution in [0.3, 0.4) is 0 Å². The fourth-order valence-corrected chi connectivity index (χ4v) is 2.12. The molecule has 0 bridgehead atoms. The van der Waals surface area contributed by atoms with E-state index in [-0.39, 0.29) is 5.39 Å². The molecule has 0 saturated carbocycles. The molecule has 0 unspecified atom stereocenters. The third kappa shape index (κ3) is 4.13. The van der Waals surface area contributed by atoms with Crippen molar-refractivity contribution in [1.29, 1.82) is 0 Å². The van der Waals surface area contributed by atoms with Crippen LogP contribution in [-0.2, 0) is 9.53 Å². The van der Waals surface area contributed by atoms with Gasteiger partial charge in [-0.25, -0.2) is 0 Å². The van der Waals surface area contributed by atoms with Crippen LogP contribution in [0, 0.1) is 0 Å². The van der Waals surface area contributed by atoms with Crippen LogP contribution in [0.4, 0.5) is 54.0 Å². The van der Waals surface area contributed by atoms with Crippen LogP contribution in [0.5, 0.6) is 0 Å². The molecule has 0 aliphatic carbocycles. The van der Waals surface area contributed by atoms with Crippen LogP contribution < -0.4 is 5.32 Å². The first-order valence-electron chi connectivity index (χ1n) is 7.51. The number of halogens is 11. The molecule has 0 aliphatic rings. The average Bonchev–Trinajstić information content (AvgIpc) is 2.59. The van der Waals surface area contributed by atoms with Crippen LogP contribution in [0.2, 0.25) is 0 Å². The lowest BCUT2D eigenvalue weighted by Gasteiger charge is -2.34. The van der Waals surface area contributed by atoms with Crippen molar-refractivity contribution in [2.24, 2.45) is 0 Å². The van der Waals surface area contributed by atoms with Crippen LogP contribution >= 0.6 is 0 Å². The first kappa shape index (κ1) is 23.6. The van der Waals surface area contributed by atoms with Gasteiger partial charge in [-0.05, 0) is 22.9 Å². The molecule has 0 heterocycles. The van der Waals surface area contributed by atoms with Gasteiger partial charge in [0.2, 0.25) is 0 Å². The number of amides is 1. The number of fused-ring (bicyclic) bond motifs is 1. The number of carbonyl (C=O) groups excluding carboxylic acids is 1. The van der Waals surface area contributed by atoms with Gasteiger partial charge in [-0.1, -0.05) is 30.3 Å². The van der Waals surface area contributed by atoms with Crippen molar-refractivity contribution in [3.63, 3.8) is 0 Å². The quantitative estimate of drug-likeness (QED) is 0.578. The first-order chi connectivity index (χ1) is 13.4. The van der Waals surface area contributed by atoms with Gasteiger partial charge in [0.25, 0.3) is 5.91 Å². The third-order valence-electron chi connectivity index (χ3n) is 3.65. The van der Waals surface area contributed by atoms with Crippen molar-refractivity contribution in [3.05, 3.63) is 42.5 Å². The fraction of sp³-hybridized carbons (Fsp3) is 0.312. The standard InChI is InChI=1S/C16H8F11NO2/c17-12(14(20,21)22,30-16(26,27)13(18,19)15(23,24)25)11(29)28-10-6-5-8-3-1-2-4-9(8)7-10/h1-7H,(H,28,29)/t12-/m0/s1. The zero-order valence-corrected chi connectivity index (χ0v) is 14.0. The monoisotopic (exact) mass is 455 g/mol. The van der Waals surface area contributed by atoms with E-state index >= 15 is 0 Å². The molecule has 3 nitrogen and oxygen atoms in total. The number of anilines is 1. The number of rotatable bonds is 5. The molecule has 2 rings (SSSR count). The molecule has 0 fully saturated rings. The second kappa shape index (κ2) is 7.25. The number of carbonyl (C=O) groups is 1. The Hall–Kier alpha value is -2.64. The smallest absolute Gasteiger partial charge is 0.321 e. The number of hydrogen-bond donors (Lipinski definition) is 1. The van der Waals surface area contributed by atoms with Gasteiger partial charge in [0.05, 0.1) is 0 Å². The summed E-state index contributed by atoms with van der Waals surface area (Å²) < 4.78 is 143. The van der Waals surface area contributed by atoms with Crippen molar-refractivity contribution in [2.75, 3.05) is 5.32 Å². The highest BCUT2D eigenvalue weighted by molar-refractivity contribution is 5.98. The summed E-state index contributed by atoms with van der Waals surface area (Å²) in [4.78, 5) is 11.7.